The molecule has 0 aliphatic rings. The molecule has 0 atom stereocenters. The van der Waals surface area contributed by atoms with Gasteiger partial charge in [0, 0.05) is 5.39 Å². The van der Waals surface area contributed by atoms with E-state index in [0.29, 0.717) is 6.07 Å². The third-order valence-electron chi connectivity index (χ3n) is 4.77. The molecule has 0 bridgehead atoms. The van der Waals surface area contributed by atoms with Gasteiger partial charge in [0.15, 0.2) is 15.6 Å². The van der Waals surface area contributed by atoms with Gasteiger partial charge in [-0.3, -0.25) is 13.7 Å². The molecule has 0 heterocycles. The van der Waals surface area contributed by atoms with Crippen LogP contribution >= 0.6 is 0 Å². The van der Waals surface area contributed by atoms with Crippen LogP contribution < -0.4 is 0 Å². The minimum Gasteiger partial charge on any atom is -0.506 e. The van der Waals surface area contributed by atoms with E-state index in [1.807, 2.05) is 0 Å². The highest BCUT2D eigenvalue weighted by atomic mass is 32.2. The van der Waals surface area contributed by atoms with Gasteiger partial charge in [-0.25, -0.2) is 8.42 Å². The van der Waals surface area contributed by atoms with Crippen molar-refractivity contribution in [3.63, 3.8) is 0 Å². The summed E-state index contributed by atoms with van der Waals surface area (Å²) in [6, 6.07) is 6.00. The fraction of sp³-hybridized carbons (Fsp3) is 0.111. The standard InChI is InChI=1S/C18H16N2O13S4/c21-15-4-2-11(34(23,24)5-6-35(25,26)27)9-14(15)19-20-17-13-3-1-12(36(28,29)30)7-10(13)8-16(18(17)22)37(31,32)33/h1-4,7-9,21-22H,5-6H2,(H,25,26,27)(H,28,29,30)(H,31,32,33). The zero-order chi connectivity index (χ0) is 28.0. The number of phenols is 2. The lowest BCUT2D eigenvalue weighted by atomic mass is 10.1. The van der Waals surface area contributed by atoms with Crippen LogP contribution in [0.15, 0.2) is 67.4 Å². The topological polar surface area (TPSA) is 262 Å². The molecule has 19 heteroatoms. The van der Waals surface area contributed by atoms with Gasteiger partial charge in [-0.2, -0.15) is 25.3 Å². The predicted molar refractivity (Wildman–Crippen MR) is 126 cm³/mol. The molecular weight excluding hydrogens is 580 g/mol. The predicted octanol–water partition coefficient (Wildman–Crippen LogP) is 1.82. The second-order valence-corrected chi connectivity index (χ2v) is 13.9. The quantitative estimate of drug-likeness (QED) is 0.184. The first-order chi connectivity index (χ1) is 16.8. The maximum atomic E-state index is 12.4. The minimum atomic E-state index is -5.09. The molecule has 37 heavy (non-hydrogen) atoms. The van der Waals surface area contributed by atoms with E-state index in [1.165, 1.54) is 0 Å². The molecule has 0 radical (unpaired) electrons. The van der Waals surface area contributed by atoms with Crippen LogP contribution in [0.4, 0.5) is 11.4 Å². The molecule has 0 amide bonds. The summed E-state index contributed by atoms with van der Waals surface area (Å²) < 4.78 is 120. The van der Waals surface area contributed by atoms with Crippen molar-refractivity contribution in [3.05, 3.63) is 42.5 Å². The number of benzene rings is 3. The molecule has 0 aliphatic heterocycles. The van der Waals surface area contributed by atoms with Crippen molar-refractivity contribution in [1.29, 1.82) is 0 Å². The average molecular weight is 597 g/mol. The van der Waals surface area contributed by atoms with Crippen molar-refractivity contribution < 1.29 is 57.5 Å². The Morgan fingerprint density at radius 2 is 1.30 bits per heavy atom. The Bertz CT molecular complexity index is 1880. The highest BCUT2D eigenvalue weighted by molar-refractivity contribution is 7.93. The van der Waals surface area contributed by atoms with Gasteiger partial charge in [-0.15, -0.1) is 10.2 Å². The van der Waals surface area contributed by atoms with Crippen LogP contribution in [-0.2, 0) is 40.2 Å². The number of fused-ring (bicyclic) bond motifs is 1. The molecule has 0 saturated heterocycles. The van der Waals surface area contributed by atoms with Crippen molar-refractivity contribution in [3.8, 4) is 11.5 Å². The van der Waals surface area contributed by atoms with Crippen LogP contribution in [-0.4, -0.2) is 69.0 Å². The average Bonchev–Trinajstić information content (AvgIpc) is 2.75. The maximum Gasteiger partial charge on any atom is 0.298 e. The molecule has 3 rings (SSSR count). The van der Waals surface area contributed by atoms with Crippen LogP contribution in [0.5, 0.6) is 11.5 Å². The molecule has 0 fully saturated rings. The zero-order valence-electron chi connectivity index (χ0n) is 18.0. The lowest BCUT2D eigenvalue weighted by Gasteiger charge is -2.10. The van der Waals surface area contributed by atoms with Crippen LogP contribution in [0.25, 0.3) is 10.8 Å². The van der Waals surface area contributed by atoms with E-state index in [1.54, 1.807) is 0 Å². The smallest absolute Gasteiger partial charge is 0.298 e. The molecule has 15 nitrogen and oxygen atoms in total. The van der Waals surface area contributed by atoms with Crippen LogP contribution in [0.2, 0.25) is 0 Å². The van der Waals surface area contributed by atoms with Gasteiger partial charge in [-0.05, 0) is 41.8 Å². The molecule has 0 spiro atoms. The van der Waals surface area contributed by atoms with Gasteiger partial charge in [0.25, 0.3) is 30.4 Å². The van der Waals surface area contributed by atoms with E-state index in [0.717, 1.165) is 36.4 Å². The number of nitrogens with zero attached hydrogens (tertiary/aromatic N) is 2. The van der Waals surface area contributed by atoms with Gasteiger partial charge in [-0.1, -0.05) is 6.07 Å². The first-order valence-corrected chi connectivity index (χ1v) is 15.6. The summed E-state index contributed by atoms with van der Waals surface area (Å²) in [5, 5.41) is 27.4. The Balaban J connectivity index is 2.19. The van der Waals surface area contributed by atoms with Crippen molar-refractivity contribution in [2.45, 2.75) is 14.7 Å². The number of hydrogen-bond acceptors (Lipinski definition) is 12. The lowest BCUT2D eigenvalue weighted by molar-refractivity contribution is 0.444. The molecule has 200 valence electrons. The Hall–Kier alpha value is -3.20. The van der Waals surface area contributed by atoms with E-state index in [-0.39, 0.29) is 10.8 Å². The minimum absolute atomic E-state index is 0.127. The summed E-state index contributed by atoms with van der Waals surface area (Å²) in [5.41, 5.74) is -1.18. The number of hydrogen-bond donors (Lipinski definition) is 5. The summed E-state index contributed by atoms with van der Waals surface area (Å²) in [4.78, 5) is -2.29. The first-order valence-electron chi connectivity index (χ1n) is 9.47. The van der Waals surface area contributed by atoms with Gasteiger partial charge in [0.05, 0.1) is 21.3 Å². The Labute approximate surface area is 209 Å². The van der Waals surface area contributed by atoms with Gasteiger partial charge < -0.3 is 10.2 Å². The molecular formula is C18H16N2O13S4. The molecule has 3 aromatic carbocycles. The summed E-state index contributed by atoms with van der Waals surface area (Å²) in [5.74, 6) is -3.89. The zero-order valence-corrected chi connectivity index (χ0v) is 21.3. The monoisotopic (exact) mass is 596 g/mol. The number of sulfone groups is 1. The van der Waals surface area contributed by atoms with Gasteiger partial charge >= 0.3 is 0 Å². The molecule has 0 aliphatic carbocycles. The van der Waals surface area contributed by atoms with Crippen molar-refractivity contribution in [1.82, 2.24) is 0 Å². The molecule has 0 unspecified atom stereocenters. The van der Waals surface area contributed by atoms with Crippen molar-refractivity contribution in [2.75, 3.05) is 11.5 Å². The molecule has 3 aromatic rings. The third kappa shape index (κ3) is 6.57. The van der Waals surface area contributed by atoms with Crippen molar-refractivity contribution in [2.24, 2.45) is 10.2 Å². The Kier molecular flexibility index (Phi) is 7.36. The fourth-order valence-corrected chi connectivity index (χ4v) is 6.66. The highest BCUT2D eigenvalue weighted by Gasteiger charge is 2.24. The number of azo groups is 1. The van der Waals surface area contributed by atoms with E-state index in [4.69, 9.17) is 4.55 Å². The van der Waals surface area contributed by atoms with Gasteiger partial charge in [0.2, 0.25) is 0 Å². The molecule has 0 aromatic heterocycles. The van der Waals surface area contributed by atoms with Crippen LogP contribution in [0.3, 0.4) is 0 Å². The van der Waals surface area contributed by atoms with E-state index < -0.39 is 89.3 Å². The Morgan fingerprint density at radius 3 is 1.86 bits per heavy atom. The van der Waals surface area contributed by atoms with E-state index in [2.05, 4.69) is 10.2 Å². The first kappa shape index (κ1) is 28.4. The summed E-state index contributed by atoms with van der Waals surface area (Å²) in [6.45, 7) is 0. The normalized spacial score (nSPS) is 13.4. The largest absolute Gasteiger partial charge is 0.506 e. The number of phenolic OH excluding ortho intramolecular Hbond substituents is 2. The summed E-state index contributed by atoms with van der Waals surface area (Å²) in [7, 11) is -18.7. The SMILES string of the molecule is O=S(=O)(O)CCS(=O)(=O)c1ccc(O)c(N=Nc2c(O)c(S(=O)(=O)O)cc3cc(S(=O)(=O)O)ccc23)c1. The van der Waals surface area contributed by atoms with E-state index >= 15 is 0 Å². The second-order valence-electron chi connectivity index (χ2n) is 7.36. The molecule has 0 saturated carbocycles. The van der Waals surface area contributed by atoms with E-state index in [9.17, 15) is 53.0 Å². The fourth-order valence-electron chi connectivity index (χ4n) is 3.00. The molecule has 5 N–H and O–H groups in total. The number of aromatic hydroxyl groups is 2. The van der Waals surface area contributed by atoms with Gasteiger partial charge in [0.1, 0.15) is 22.0 Å². The maximum absolute atomic E-state index is 12.4. The second kappa shape index (κ2) is 9.59. The summed E-state index contributed by atoms with van der Waals surface area (Å²) >= 11 is 0. The highest BCUT2D eigenvalue weighted by Crippen LogP contribution is 2.42. The third-order valence-corrected chi connectivity index (χ3v) is 9.18. The lowest BCUT2D eigenvalue weighted by Crippen LogP contribution is -2.16. The van der Waals surface area contributed by atoms with Crippen molar-refractivity contribution >= 4 is 62.3 Å². The van der Waals surface area contributed by atoms with Crippen LogP contribution in [0, 0.1) is 0 Å². The summed E-state index contributed by atoms with van der Waals surface area (Å²) in [6.07, 6.45) is 0. The number of rotatable bonds is 8. The Morgan fingerprint density at radius 1 is 0.676 bits per heavy atom. The van der Waals surface area contributed by atoms with Crippen LogP contribution in [0.1, 0.15) is 0 Å².